The number of likely N-dealkylation sites (tertiary alicyclic amines) is 1. The van der Waals surface area contributed by atoms with Crippen molar-refractivity contribution in [3.05, 3.63) is 42.0 Å². The van der Waals surface area contributed by atoms with Crippen LogP contribution in [-0.4, -0.2) is 48.1 Å². The maximum atomic E-state index is 10.9. The fourth-order valence-electron chi connectivity index (χ4n) is 3.43. The molecule has 120 valence electrons. The highest BCUT2D eigenvalue weighted by Crippen LogP contribution is 2.30. The maximum absolute atomic E-state index is 10.9. The zero-order valence-corrected chi connectivity index (χ0v) is 13.1. The minimum absolute atomic E-state index is 0.544. The summed E-state index contributed by atoms with van der Waals surface area (Å²) in [7, 11) is 2.04. The van der Waals surface area contributed by atoms with E-state index in [0.717, 1.165) is 29.8 Å². The van der Waals surface area contributed by atoms with Gasteiger partial charge in [-0.15, -0.1) is 0 Å². The Morgan fingerprint density at radius 2 is 2.22 bits per heavy atom. The third-order valence-electron chi connectivity index (χ3n) is 4.69. The predicted octanol–water partition coefficient (Wildman–Crippen LogP) is 1.17. The fourth-order valence-corrected chi connectivity index (χ4v) is 3.43. The lowest BCUT2D eigenvalue weighted by Gasteiger charge is -2.37. The third-order valence-corrected chi connectivity index (χ3v) is 4.69. The van der Waals surface area contributed by atoms with E-state index in [1.54, 1.807) is 6.20 Å². The number of hydrogen-bond acceptors (Lipinski definition) is 5. The number of H-pyrrole nitrogens is 1. The Morgan fingerprint density at radius 3 is 3.00 bits per heavy atom. The van der Waals surface area contributed by atoms with Gasteiger partial charge in [-0.05, 0) is 31.5 Å². The highest BCUT2D eigenvalue weighted by Gasteiger charge is 2.37. The van der Waals surface area contributed by atoms with Crippen LogP contribution in [-0.2, 0) is 19.2 Å². The van der Waals surface area contributed by atoms with Gasteiger partial charge in [-0.3, -0.25) is 4.90 Å². The van der Waals surface area contributed by atoms with Crippen LogP contribution in [0.3, 0.4) is 0 Å². The molecular formula is C16H20N6O. The van der Waals surface area contributed by atoms with E-state index in [9.17, 15) is 5.11 Å². The van der Waals surface area contributed by atoms with Gasteiger partial charge in [0.05, 0.1) is 23.8 Å². The molecule has 1 unspecified atom stereocenters. The number of piperidine rings is 1. The number of benzene rings is 1. The van der Waals surface area contributed by atoms with Crippen LogP contribution >= 0.6 is 0 Å². The number of hydrogen-bond donors (Lipinski definition) is 2. The topological polar surface area (TPSA) is 82.9 Å². The standard InChI is InChI=1S/C16H20N6O/c1-21-13-6-3-2-5-12(13)18-15(21)10-22-8-4-7-16(23,11-22)14-9-17-20-19-14/h2-3,5-6,9,23H,4,7-8,10-11H2,1H3,(H,17,19,20). The number of para-hydroxylation sites is 2. The number of aryl methyl sites for hydroxylation is 1. The zero-order chi connectivity index (χ0) is 15.9. The number of aromatic amines is 1. The van der Waals surface area contributed by atoms with Crippen LogP contribution in [0.1, 0.15) is 24.4 Å². The van der Waals surface area contributed by atoms with Gasteiger partial charge in [0.15, 0.2) is 0 Å². The molecule has 0 amide bonds. The van der Waals surface area contributed by atoms with E-state index in [1.165, 1.54) is 0 Å². The van der Waals surface area contributed by atoms with E-state index in [1.807, 2.05) is 25.2 Å². The number of imidazole rings is 1. The molecule has 1 aliphatic rings. The molecule has 0 spiro atoms. The number of rotatable bonds is 3. The van der Waals surface area contributed by atoms with Crippen molar-refractivity contribution < 1.29 is 5.11 Å². The van der Waals surface area contributed by atoms with Gasteiger partial charge >= 0.3 is 0 Å². The summed E-state index contributed by atoms with van der Waals surface area (Å²) in [6.45, 7) is 2.21. The molecule has 1 fully saturated rings. The first kappa shape index (κ1) is 14.3. The molecule has 7 heteroatoms. The van der Waals surface area contributed by atoms with Crippen LogP contribution in [0.2, 0.25) is 0 Å². The molecular weight excluding hydrogens is 292 g/mol. The van der Waals surface area contributed by atoms with Crippen molar-refractivity contribution in [2.24, 2.45) is 7.05 Å². The summed E-state index contributed by atoms with van der Waals surface area (Å²) in [5, 5.41) is 21.4. The second-order valence-corrected chi connectivity index (χ2v) is 6.28. The first-order valence-electron chi connectivity index (χ1n) is 7.87. The number of β-amino-alcohol motifs (C(OH)–C–C–N with tert-alkyl or cyclic N) is 1. The molecule has 3 aromatic rings. The molecule has 0 radical (unpaired) electrons. The quantitative estimate of drug-likeness (QED) is 0.759. The Balaban J connectivity index is 1.57. The highest BCUT2D eigenvalue weighted by molar-refractivity contribution is 5.75. The van der Waals surface area contributed by atoms with E-state index in [-0.39, 0.29) is 0 Å². The van der Waals surface area contributed by atoms with E-state index >= 15 is 0 Å². The molecule has 4 rings (SSSR count). The molecule has 0 aliphatic carbocycles. The van der Waals surface area contributed by atoms with Crippen LogP contribution in [0, 0.1) is 0 Å². The Labute approximate surface area is 133 Å². The third kappa shape index (κ3) is 2.51. The summed E-state index contributed by atoms with van der Waals surface area (Å²) in [4.78, 5) is 6.96. The monoisotopic (exact) mass is 312 g/mol. The second-order valence-electron chi connectivity index (χ2n) is 6.28. The lowest BCUT2D eigenvalue weighted by molar-refractivity contribution is -0.0421. The van der Waals surface area contributed by atoms with Gasteiger partial charge in [0.25, 0.3) is 0 Å². The second kappa shape index (κ2) is 5.43. The minimum atomic E-state index is -0.935. The van der Waals surface area contributed by atoms with Crippen LogP contribution in [0.4, 0.5) is 0 Å². The minimum Gasteiger partial charge on any atom is -0.382 e. The molecule has 1 aliphatic heterocycles. The number of nitrogens with zero attached hydrogens (tertiary/aromatic N) is 5. The summed E-state index contributed by atoms with van der Waals surface area (Å²) in [5.74, 6) is 1.01. The SMILES string of the molecule is Cn1c(CN2CCCC(O)(c3cn[nH]n3)C2)nc2ccccc21. The molecule has 23 heavy (non-hydrogen) atoms. The first-order chi connectivity index (χ1) is 11.2. The lowest BCUT2D eigenvalue weighted by atomic mass is 9.90. The van der Waals surface area contributed by atoms with Crippen LogP contribution in [0.15, 0.2) is 30.5 Å². The molecule has 2 N–H and O–H groups in total. The van der Waals surface area contributed by atoms with E-state index < -0.39 is 5.60 Å². The van der Waals surface area contributed by atoms with Crippen molar-refractivity contribution in [1.82, 2.24) is 29.9 Å². The average Bonchev–Trinajstić information content (AvgIpc) is 3.18. The predicted molar refractivity (Wildman–Crippen MR) is 85.5 cm³/mol. The van der Waals surface area contributed by atoms with Gasteiger partial charge in [-0.1, -0.05) is 12.1 Å². The normalized spacial score (nSPS) is 22.7. The summed E-state index contributed by atoms with van der Waals surface area (Å²) in [6.07, 6.45) is 3.24. The van der Waals surface area contributed by atoms with Crippen LogP contribution < -0.4 is 0 Å². The molecule has 1 atom stereocenters. The smallest absolute Gasteiger partial charge is 0.123 e. The average molecular weight is 312 g/mol. The fraction of sp³-hybridized carbons (Fsp3) is 0.438. The van der Waals surface area contributed by atoms with Gasteiger partial charge < -0.3 is 9.67 Å². The Bertz CT molecular complexity index is 811. The molecule has 3 heterocycles. The lowest BCUT2D eigenvalue weighted by Crippen LogP contribution is -2.46. The van der Waals surface area contributed by atoms with Crippen molar-refractivity contribution in [2.75, 3.05) is 13.1 Å². The van der Waals surface area contributed by atoms with Crippen LogP contribution in [0.25, 0.3) is 11.0 Å². The number of nitrogens with one attached hydrogen (secondary N) is 1. The van der Waals surface area contributed by atoms with Crippen molar-refractivity contribution in [3.63, 3.8) is 0 Å². The van der Waals surface area contributed by atoms with Crippen molar-refractivity contribution in [3.8, 4) is 0 Å². The zero-order valence-electron chi connectivity index (χ0n) is 13.1. The van der Waals surface area contributed by atoms with Crippen molar-refractivity contribution in [1.29, 1.82) is 0 Å². The Hall–Kier alpha value is -2.25. The van der Waals surface area contributed by atoms with Crippen LogP contribution in [0.5, 0.6) is 0 Å². The largest absolute Gasteiger partial charge is 0.382 e. The number of aromatic nitrogens is 5. The highest BCUT2D eigenvalue weighted by atomic mass is 16.3. The summed E-state index contributed by atoms with van der Waals surface area (Å²) >= 11 is 0. The van der Waals surface area contributed by atoms with E-state index in [0.29, 0.717) is 25.2 Å². The number of aliphatic hydroxyl groups is 1. The Kier molecular flexibility index (Phi) is 3.39. The van der Waals surface area contributed by atoms with Crippen molar-refractivity contribution in [2.45, 2.75) is 25.0 Å². The van der Waals surface area contributed by atoms with Gasteiger partial charge in [-0.2, -0.15) is 15.4 Å². The number of fused-ring (bicyclic) bond motifs is 1. The molecule has 7 nitrogen and oxygen atoms in total. The molecule has 2 aromatic heterocycles. The molecule has 1 saturated heterocycles. The summed E-state index contributed by atoms with van der Waals surface area (Å²) < 4.78 is 2.12. The van der Waals surface area contributed by atoms with Gasteiger partial charge in [0.2, 0.25) is 0 Å². The molecule has 0 saturated carbocycles. The van der Waals surface area contributed by atoms with Crippen molar-refractivity contribution >= 4 is 11.0 Å². The van der Waals surface area contributed by atoms with E-state index in [2.05, 4.69) is 30.9 Å². The molecule has 1 aromatic carbocycles. The van der Waals surface area contributed by atoms with Gasteiger partial charge in [0, 0.05) is 13.6 Å². The van der Waals surface area contributed by atoms with Gasteiger partial charge in [-0.25, -0.2) is 4.98 Å². The Morgan fingerprint density at radius 1 is 1.35 bits per heavy atom. The molecule has 0 bridgehead atoms. The first-order valence-corrected chi connectivity index (χ1v) is 7.87. The summed E-state index contributed by atoms with van der Waals surface area (Å²) in [5.41, 5.74) is 1.82. The summed E-state index contributed by atoms with van der Waals surface area (Å²) in [6, 6.07) is 8.13. The van der Waals surface area contributed by atoms with Gasteiger partial charge in [0.1, 0.15) is 17.1 Å². The van der Waals surface area contributed by atoms with E-state index in [4.69, 9.17) is 4.98 Å². The maximum Gasteiger partial charge on any atom is 0.123 e.